The Morgan fingerprint density at radius 3 is 2.25 bits per heavy atom. The molecule has 0 bridgehead atoms. The lowest BCUT2D eigenvalue weighted by Crippen LogP contribution is -2.31. The number of imidazole rings is 1. The second kappa shape index (κ2) is 8.04. The zero-order chi connectivity index (χ0) is 20.3. The van der Waals surface area contributed by atoms with Crippen LogP contribution in [0.25, 0.3) is 11.1 Å². The maximum atomic E-state index is 12.2. The van der Waals surface area contributed by atoms with Crippen LogP contribution in [-0.2, 0) is 11.4 Å². The zero-order valence-corrected chi connectivity index (χ0v) is 15.6. The van der Waals surface area contributed by atoms with Crippen molar-refractivity contribution < 1.29 is 19.7 Å². The number of nitrogens with one attached hydrogen (secondary N) is 1. The highest BCUT2D eigenvalue weighted by Gasteiger charge is 2.29. The minimum Gasteiger partial charge on any atom is -0.493 e. The predicted octanol–water partition coefficient (Wildman–Crippen LogP) is 3.41. The van der Waals surface area contributed by atoms with E-state index in [-0.39, 0.29) is 18.2 Å². The van der Waals surface area contributed by atoms with Gasteiger partial charge >= 0.3 is 11.7 Å². The molecule has 0 aliphatic rings. The van der Waals surface area contributed by atoms with Crippen molar-refractivity contribution in [2.75, 3.05) is 0 Å². The van der Waals surface area contributed by atoms with Gasteiger partial charge in [0.15, 0.2) is 0 Å². The molecule has 0 aliphatic heterocycles. The number of carboxylic acids is 1. The van der Waals surface area contributed by atoms with Crippen molar-refractivity contribution in [1.82, 2.24) is 9.55 Å². The van der Waals surface area contributed by atoms with Crippen LogP contribution >= 0.6 is 0 Å². The molecule has 3 N–H and O–H groups in total. The quantitative estimate of drug-likeness (QED) is 0.581. The van der Waals surface area contributed by atoms with E-state index in [0.717, 1.165) is 15.7 Å². The lowest BCUT2D eigenvalue weighted by Gasteiger charge is -2.17. The van der Waals surface area contributed by atoms with Gasteiger partial charge in [-0.05, 0) is 29.2 Å². The van der Waals surface area contributed by atoms with Crippen LogP contribution in [0.5, 0.6) is 11.6 Å². The molecule has 0 unspecified atom stereocenters. The van der Waals surface area contributed by atoms with E-state index in [0.29, 0.717) is 5.75 Å². The van der Waals surface area contributed by atoms with Gasteiger partial charge in [-0.2, -0.15) is 0 Å². The summed E-state index contributed by atoms with van der Waals surface area (Å²) in [6, 6.07) is 16.2. The number of hydrogen-bond acceptors (Lipinski definition) is 4. The highest BCUT2D eigenvalue weighted by atomic mass is 16.5. The first-order valence-electron chi connectivity index (χ1n) is 8.92. The number of ether oxygens (including phenoxy) is 1. The molecule has 3 rings (SSSR count). The number of aromatic hydroxyl groups is 1. The van der Waals surface area contributed by atoms with Crippen LogP contribution in [0.15, 0.2) is 59.4 Å². The summed E-state index contributed by atoms with van der Waals surface area (Å²) in [5, 5.41) is 19.7. The van der Waals surface area contributed by atoms with Gasteiger partial charge in [0, 0.05) is 0 Å². The number of hydrogen-bond donors (Lipinski definition) is 3. The van der Waals surface area contributed by atoms with Gasteiger partial charge in [-0.3, -0.25) is 0 Å². The summed E-state index contributed by atoms with van der Waals surface area (Å²) in [4.78, 5) is 26.1. The van der Waals surface area contributed by atoms with Gasteiger partial charge in [-0.1, -0.05) is 56.3 Å². The number of aromatic amines is 1. The third-order valence-electron chi connectivity index (χ3n) is 4.48. The molecule has 0 radical (unpaired) electrons. The third-order valence-corrected chi connectivity index (χ3v) is 4.48. The molecule has 0 amide bonds. The number of aromatic nitrogens is 2. The van der Waals surface area contributed by atoms with Gasteiger partial charge in [-0.25, -0.2) is 14.2 Å². The average Bonchev–Trinajstić information content (AvgIpc) is 2.95. The van der Waals surface area contributed by atoms with Gasteiger partial charge in [0.2, 0.25) is 5.88 Å². The Bertz CT molecular complexity index is 1000. The number of nitrogens with zero attached hydrogens (tertiary/aromatic N) is 1. The number of carbonyl (C=O) groups is 1. The van der Waals surface area contributed by atoms with E-state index in [1.165, 1.54) is 0 Å². The fraction of sp³-hybridized carbons (Fsp3) is 0.238. The standard InChI is InChI=1S/C21H22N2O5/c1-13(2)18(20(25)26)23-19(24)17(22-21(23)27)12-28-16-10-8-15(9-11-16)14-6-4-3-5-7-14/h3-11,13,18,24H,12H2,1-2H3,(H,22,27)(H,25,26)/t18-/m1/s1. The third kappa shape index (κ3) is 3.93. The number of carboxylic acid groups (broad SMARTS) is 1. The van der Waals surface area contributed by atoms with Crippen LogP contribution in [0.4, 0.5) is 0 Å². The molecule has 7 nitrogen and oxygen atoms in total. The molecule has 0 saturated carbocycles. The Morgan fingerprint density at radius 2 is 1.68 bits per heavy atom. The maximum Gasteiger partial charge on any atom is 0.329 e. The molecule has 28 heavy (non-hydrogen) atoms. The van der Waals surface area contributed by atoms with Crippen molar-refractivity contribution in [2.24, 2.45) is 5.92 Å². The summed E-state index contributed by atoms with van der Waals surface area (Å²) in [5.41, 5.74) is 1.57. The smallest absolute Gasteiger partial charge is 0.329 e. The van der Waals surface area contributed by atoms with E-state index in [1.54, 1.807) is 26.0 Å². The summed E-state index contributed by atoms with van der Waals surface area (Å²) in [7, 11) is 0. The number of aliphatic carboxylic acids is 1. The van der Waals surface area contributed by atoms with Crippen LogP contribution in [0, 0.1) is 5.92 Å². The molecule has 3 aromatic rings. The van der Waals surface area contributed by atoms with Gasteiger partial charge in [0.05, 0.1) is 0 Å². The van der Waals surface area contributed by atoms with Crippen LogP contribution < -0.4 is 10.4 Å². The molecule has 1 heterocycles. The fourth-order valence-corrected chi connectivity index (χ4v) is 3.07. The summed E-state index contributed by atoms with van der Waals surface area (Å²) < 4.78 is 6.49. The molecule has 0 aliphatic carbocycles. The van der Waals surface area contributed by atoms with E-state index in [9.17, 15) is 19.8 Å². The van der Waals surface area contributed by atoms with E-state index >= 15 is 0 Å². The average molecular weight is 382 g/mol. The molecule has 1 aromatic heterocycles. The predicted molar refractivity (Wildman–Crippen MR) is 104 cm³/mol. The SMILES string of the molecule is CC(C)[C@H](C(=O)O)n1c(O)c(COc2ccc(-c3ccccc3)cc2)[nH]c1=O. The lowest BCUT2D eigenvalue weighted by molar-refractivity contribution is -0.142. The molecule has 0 spiro atoms. The summed E-state index contributed by atoms with van der Waals surface area (Å²) in [6.07, 6.45) is 0. The van der Waals surface area contributed by atoms with Gasteiger partial charge in [0.25, 0.3) is 0 Å². The molecule has 0 saturated heterocycles. The van der Waals surface area contributed by atoms with Crippen molar-refractivity contribution in [2.45, 2.75) is 26.5 Å². The fourth-order valence-electron chi connectivity index (χ4n) is 3.07. The van der Waals surface area contributed by atoms with E-state index in [1.807, 2.05) is 42.5 Å². The second-order valence-corrected chi connectivity index (χ2v) is 6.81. The van der Waals surface area contributed by atoms with Crippen LogP contribution in [0.2, 0.25) is 0 Å². The van der Waals surface area contributed by atoms with E-state index in [4.69, 9.17) is 4.74 Å². The first-order chi connectivity index (χ1) is 13.4. The molecule has 146 valence electrons. The number of H-pyrrole nitrogens is 1. The first kappa shape index (κ1) is 19.3. The van der Waals surface area contributed by atoms with Crippen molar-refractivity contribution in [3.8, 4) is 22.8 Å². The lowest BCUT2D eigenvalue weighted by atomic mass is 10.0. The first-order valence-corrected chi connectivity index (χ1v) is 8.92. The summed E-state index contributed by atoms with van der Waals surface area (Å²) >= 11 is 0. The Labute approximate surface area is 161 Å². The highest BCUT2D eigenvalue weighted by Crippen LogP contribution is 2.26. The molecule has 7 heteroatoms. The highest BCUT2D eigenvalue weighted by molar-refractivity contribution is 5.72. The van der Waals surface area contributed by atoms with Crippen LogP contribution in [0.3, 0.4) is 0 Å². The minimum absolute atomic E-state index is 0.0941. The van der Waals surface area contributed by atoms with Crippen molar-refractivity contribution in [1.29, 1.82) is 0 Å². The Hall–Kier alpha value is -3.48. The number of rotatable bonds is 7. The molecule has 1 atom stereocenters. The number of benzene rings is 2. The van der Waals surface area contributed by atoms with Crippen LogP contribution in [-0.4, -0.2) is 25.7 Å². The summed E-state index contributed by atoms with van der Waals surface area (Å²) in [5.74, 6) is -1.43. The Kier molecular flexibility index (Phi) is 5.54. The van der Waals surface area contributed by atoms with E-state index in [2.05, 4.69) is 4.98 Å². The normalized spacial score (nSPS) is 12.1. The monoisotopic (exact) mass is 382 g/mol. The Morgan fingerprint density at radius 1 is 1.07 bits per heavy atom. The summed E-state index contributed by atoms with van der Waals surface area (Å²) in [6.45, 7) is 3.24. The van der Waals surface area contributed by atoms with Crippen molar-refractivity contribution in [3.05, 3.63) is 70.8 Å². The topological polar surface area (TPSA) is 105 Å². The molecule has 2 aromatic carbocycles. The zero-order valence-electron chi connectivity index (χ0n) is 15.6. The molecular weight excluding hydrogens is 360 g/mol. The van der Waals surface area contributed by atoms with Crippen LogP contribution in [0.1, 0.15) is 25.6 Å². The minimum atomic E-state index is -1.18. The van der Waals surface area contributed by atoms with Crippen molar-refractivity contribution >= 4 is 5.97 Å². The van der Waals surface area contributed by atoms with Crippen molar-refractivity contribution in [3.63, 3.8) is 0 Å². The van der Waals surface area contributed by atoms with Gasteiger partial charge in [0.1, 0.15) is 24.1 Å². The van der Waals surface area contributed by atoms with Gasteiger partial charge < -0.3 is 19.9 Å². The maximum absolute atomic E-state index is 12.2. The largest absolute Gasteiger partial charge is 0.493 e. The second-order valence-electron chi connectivity index (χ2n) is 6.81. The molecular formula is C21H22N2O5. The van der Waals surface area contributed by atoms with Gasteiger partial charge in [-0.15, -0.1) is 0 Å². The molecule has 0 fully saturated rings. The Balaban J connectivity index is 1.76. The van der Waals surface area contributed by atoms with E-state index < -0.39 is 23.6 Å².